The molecule has 0 radical (unpaired) electrons. The van der Waals surface area contributed by atoms with E-state index in [0.717, 1.165) is 40.5 Å². The fourth-order valence-corrected chi connectivity index (χ4v) is 2.86. The van der Waals surface area contributed by atoms with Gasteiger partial charge in [0.2, 0.25) is 5.65 Å². The van der Waals surface area contributed by atoms with Crippen molar-refractivity contribution in [3.8, 4) is 11.5 Å². The third-order valence-corrected chi connectivity index (χ3v) is 4.24. The van der Waals surface area contributed by atoms with Crippen LogP contribution in [0.2, 0.25) is 0 Å². The molecule has 0 aliphatic carbocycles. The molecule has 0 spiro atoms. The third-order valence-electron chi connectivity index (χ3n) is 4.24. The van der Waals surface area contributed by atoms with Gasteiger partial charge in [0, 0.05) is 39.4 Å². The molecule has 3 heterocycles. The predicted octanol–water partition coefficient (Wildman–Crippen LogP) is 2.34. The van der Waals surface area contributed by atoms with Gasteiger partial charge in [0.05, 0.1) is 11.0 Å². The molecule has 0 unspecified atom stereocenters. The first-order valence-corrected chi connectivity index (χ1v) is 8.20. The van der Waals surface area contributed by atoms with Gasteiger partial charge >= 0.3 is 0 Å². The second kappa shape index (κ2) is 5.73. The molecule has 25 heavy (non-hydrogen) atoms. The summed E-state index contributed by atoms with van der Waals surface area (Å²) in [6.45, 7) is 2.06. The van der Waals surface area contributed by atoms with Crippen molar-refractivity contribution in [3.63, 3.8) is 0 Å². The van der Waals surface area contributed by atoms with Crippen LogP contribution in [0.25, 0.3) is 28.2 Å². The monoisotopic (exact) mass is 336 g/mol. The molecule has 0 fully saturated rings. The molecule has 8 heteroatoms. The van der Waals surface area contributed by atoms with Crippen molar-refractivity contribution < 1.29 is 0 Å². The van der Waals surface area contributed by atoms with Crippen molar-refractivity contribution in [2.75, 3.05) is 31.4 Å². The van der Waals surface area contributed by atoms with Gasteiger partial charge in [0.25, 0.3) is 0 Å². The van der Waals surface area contributed by atoms with E-state index in [1.807, 2.05) is 37.8 Å². The lowest BCUT2D eigenvalue weighted by Gasteiger charge is -2.11. The van der Waals surface area contributed by atoms with E-state index in [1.54, 1.807) is 0 Å². The molecule has 0 bridgehead atoms. The molecular formula is C17H20N8. The quantitative estimate of drug-likeness (QED) is 0.595. The number of nitrogens with one attached hydrogen (secondary N) is 2. The number of imidazole rings is 1. The number of hydrogen-bond donors (Lipinski definition) is 2. The number of fused-ring (bicyclic) bond motifs is 2. The number of nitrogens with zero attached hydrogens (tertiary/aromatic N) is 6. The summed E-state index contributed by atoms with van der Waals surface area (Å²) in [6, 6.07) is 6.15. The second-order valence-electron chi connectivity index (χ2n) is 6.07. The van der Waals surface area contributed by atoms with Crippen molar-refractivity contribution in [2.45, 2.75) is 13.3 Å². The van der Waals surface area contributed by atoms with Crippen LogP contribution in [0.5, 0.6) is 0 Å². The molecule has 1 aromatic carbocycles. The molecule has 3 aromatic heterocycles. The highest BCUT2D eigenvalue weighted by atomic mass is 15.3. The van der Waals surface area contributed by atoms with Crippen LogP contribution < -0.4 is 10.2 Å². The summed E-state index contributed by atoms with van der Waals surface area (Å²) in [5.41, 5.74) is 4.47. The SMILES string of the molecule is CCc1nnc2c(NC)nc(-c3nc4ccc(N(C)C)cc4[nH]3)cn12. The maximum Gasteiger partial charge on any atom is 0.203 e. The van der Waals surface area contributed by atoms with Gasteiger partial charge in [-0.2, -0.15) is 0 Å². The van der Waals surface area contributed by atoms with E-state index in [2.05, 4.69) is 54.4 Å². The van der Waals surface area contributed by atoms with E-state index in [1.165, 1.54) is 0 Å². The zero-order chi connectivity index (χ0) is 17.6. The van der Waals surface area contributed by atoms with E-state index in [4.69, 9.17) is 0 Å². The Kier molecular flexibility index (Phi) is 3.52. The zero-order valence-corrected chi connectivity index (χ0v) is 14.7. The van der Waals surface area contributed by atoms with Crippen molar-refractivity contribution in [1.82, 2.24) is 29.5 Å². The normalized spacial score (nSPS) is 11.4. The first kappa shape index (κ1) is 15.4. The number of aryl methyl sites for hydroxylation is 1. The summed E-state index contributed by atoms with van der Waals surface area (Å²) in [4.78, 5) is 14.8. The lowest BCUT2D eigenvalue weighted by Crippen LogP contribution is -2.07. The molecule has 0 amide bonds. The maximum atomic E-state index is 4.69. The van der Waals surface area contributed by atoms with Crippen molar-refractivity contribution in [3.05, 3.63) is 30.2 Å². The van der Waals surface area contributed by atoms with E-state index in [0.29, 0.717) is 11.5 Å². The summed E-state index contributed by atoms with van der Waals surface area (Å²) in [6.07, 6.45) is 2.72. The third kappa shape index (κ3) is 2.46. The lowest BCUT2D eigenvalue weighted by molar-refractivity contribution is 0.907. The first-order valence-electron chi connectivity index (χ1n) is 8.20. The summed E-state index contributed by atoms with van der Waals surface area (Å²) < 4.78 is 1.96. The van der Waals surface area contributed by atoms with Crippen LogP contribution in [0.3, 0.4) is 0 Å². The number of aromatic nitrogens is 6. The van der Waals surface area contributed by atoms with Crippen molar-refractivity contribution in [1.29, 1.82) is 0 Å². The highest BCUT2D eigenvalue weighted by molar-refractivity contribution is 5.82. The minimum atomic E-state index is 0.680. The van der Waals surface area contributed by atoms with Gasteiger partial charge in [-0.3, -0.25) is 4.40 Å². The predicted molar refractivity (Wildman–Crippen MR) is 99.1 cm³/mol. The number of aromatic amines is 1. The topological polar surface area (TPSA) is 87.0 Å². The zero-order valence-electron chi connectivity index (χ0n) is 14.7. The number of hydrogen-bond acceptors (Lipinski definition) is 6. The first-order chi connectivity index (χ1) is 12.1. The molecule has 0 aliphatic heterocycles. The van der Waals surface area contributed by atoms with Crippen LogP contribution in [-0.4, -0.2) is 50.7 Å². The van der Waals surface area contributed by atoms with E-state index < -0.39 is 0 Å². The fraction of sp³-hybridized carbons (Fsp3) is 0.294. The van der Waals surface area contributed by atoms with E-state index in [-0.39, 0.29) is 0 Å². The molecule has 0 saturated carbocycles. The molecule has 4 aromatic rings. The van der Waals surface area contributed by atoms with Crippen LogP contribution in [-0.2, 0) is 6.42 Å². The van der Waals surface area contributed by atoms with Crippen molar-refractivity contribution in [2.24, 2.45) is 0 Å². The summed E-state index contributed by atoms with van der Waals surface area (Å²) in [7, 11) is 5.87. The van der Waals surface area contributed by atoms with Gasteiger partial charge in [0.15, 0.2) is 11.6 Å². The average Bonchev–Trinajstić information content (AvgIpc) is 3.23. The molecule has 4 rings (SSSR count). The summed E-state index contributed by atoms with van der Waals surface area (Å²) in [5, 5.41) is 11.5. The molecule has 128 valence electrons. The Morgan fingerprint density at radius 3 is 2.76 bits per heavy atom. The van der Waals surface area contributed by atoms with Crippen molar-refractivity contribution >= 4 is 28.2 Å². The van der Waals surface area contributed by atoms with Crippen LogP contribution >= 0.6 is 0 Å². The minimum Gasteiger partial charge on any atom is -0.378 e. The Morgan fingerprint density at radius 1 is 1.20 bits per heavy atom. The van der Waals surface area contributed by atoms with E-state index >= 15 is 0 Å². The fourth-order valence-electron chi connectivity index (χ4n) is 2.86. The average molecular weight is 336 g/mol. The van der Waals surface area contributed by atoms with Crippen LogP contribution in [0.4, 0.5) is 11.5 Å². The van der Waals surface area contributed by atoms with Gasteiger partial charge in [-0.1, -0.05) is 6.92 Å². The molecule has 0 atom stereocenters. The highest BCUT2D eigenvalue weighted by Crippen LogP contribution is 2.25. The van der Waals surface area contributed by atoms with Gasteiger partial charge in [-0.05, 0) is 18.2 Å². The Labute approximate surface area is 144 Å². The Morgan fingerprint density at radius 2 is 2.04 bits per heavy atom. The number of H-pyrrole nitrogens is 1. The molecule has 0 aliphatic rings. The Hall–Kier alpha value is -3.16. The standard InChI is InChI=1S/C17H20N8/c1-5-14-22-23-17-16(18-2)21-13(9-25(14)17)15-19-11-7-6-10(24(3)4)8-12(11)20-15/h6-9H,5H2,1-4H3,(H,18,21)(H,19,20). The number of rotatable bonds is 4. The van der Waals surface area contributed by atoms with Gasteiger partial charge in [0.1, 0.15) is 11.5 Å². The van der Waals surface area contributed by atoms with Crippen LogP contribution in [0, 0.1) is 0 Å². The van der Waals surface area contributed by atoms with Gasteiger partial charge in [-0.25, -0.2) is 9.97 Å². The largest absolute Gasteiger partial charge is 0.378 e. The summed E-state index contributed by atoms with van der Waals surface area (Å²) >= 11 is 0. The second-order valence-corrected chi connectivity index (χ2v) is 6.07. The highest BCUT2D eigenvalue weighted by Gasteiger charge is 2.14. The van der Waals surface area contributed by atoms with Gasteiger partial charge in [-0.15, -0.1) is 10.2 Å². The van der Waals surface area contributed by atoms with Crippen LogP contribution in [0.1, 0.15) is 12.7 Å². The maximum absolute atomic E-state index is 4.69. The number of benzene rings is 1. The smallest absolute Gasteiger partial charge is 0.203 e. The lowest BCUT2D eigenvalue weighted by atomic mass is 10.2. The molecule has 0 saturated heterocycles. The Bertz CT molecular complexity index is 1060. The molecule has 8 nitrogen and oxygen atoms in total. The summed E-state index contributed by atoms with van der Waals surface area (Å²) in [5.74, 6) is 2.29. The van der Waals surface area contributed by atoms with Crippen LogP contribution in [0.15, 0.2) is 24.4 Å². The molecular weight excluding hydrogens is 316 g/mol. The van der Waals surface area contributed by atoms with E-state index in [9.17, 15) is 0 Å². The Balaban J connectivity index is 1.89. The minimum absolute atomic E-state index is 0.680. The van der Waals surface area contributed by atoms with Gasteiger partial charge < -0.3 is 15.2 Å². The molecule has 2 N–H and O–H groups in total. The number of anilines is 2.